The van der Waals surface area contributed by atoms with Crippen molar-refractivity contribution in [3.63, 3.8) is 0 Å². The van der Waals surface area contributed by atoms with Crippen LogP contribution in [-0.4, -0.2) is 12.6 Å². The number of hydrogen-bond acceptors (Lipinski definition) is 2. The Morgan fingerprint density at radius 3 is 1.57 bits per heavy atom. The second-order valence-electron chi connectivity index (χ2n) is 5.05. The lowest BCUT2D eigenvalue weighted by Crippen LogP contribution is -2.02. The minimum absolute atomic E-state index is 0.117. The summed E-state index contributed by atoms with van der Waals surface area (Å²) < 4.78 is 4.86. The molecule has 0 aromatic carbocycles. The molecule has 0 aliphatic rings. The fourth-order valence-electron chi connectivity index (χ4n) is 1.80. The average Bonchev–Trinajstić information content (AvgIpc) is 2.54. The molecule has 0 radical (unpaired) electrons. The first kappa shape index (κ1) is 21.2. The van der Waals surface area contributed by atoms with Crippen LogP contribution in [0.25, 0.3) is 0 Å². The Hall–Kier alpha value is -1.83. The second kappa shape index (κ2) is 18.2. The molecule has 2 nitrogen and oxygen atoms in total. The summed E-state index contributed by atoms with van der Waals surface area (Å²) in [6, 6.07) is 0. The standard InChI is InChI=1S/C21H32O2/c1-3-5-6-7-8-9-10-11-12-13-14-15-16-17-18-19-20-21(22)23-4-2/h5-6,8-9,11-12,14-15,17-18H,3-4,7,10,13,16,19-20H2,1-2H3/b6-5+,9-8+,12-11+,15-14+,18-17+. The summed E-state index contributed by atoms with van der Waals surface area (Å²) in [5, 5.41) is 0. The van der Waals surface area contributed by atoms with Crippen LogP contribution < -0.4 is 0 Å². The molecule has 0 aromatic rings. The van der Waals surface area contributed by atoms with Gasteiger partial charge in [-0.2, -0.15) is 0 Å². The van der Waals surface area contributed by atoms with Crippen LogP contribution in [-0.2, 0) is 9.53 Å². The smallest absolute Gasteiger partial charge is 0.306 e. The van der Waals surface area contributed by atoms with Crippen molar-refractivity contribution in [3.05, 3.63) is 60.8 Å². The third-order valence-corrected chi connectivity index (χ3v) is 2.98. The number of esters is 1. The molecule has 0 fully saturated rings. The summed E-state index contributed by atoms with van der Waals surface area (Å²) >= 11 is 0. The summed E-state index contributed by atoms with van der Waals surface area (Å²) in [7, 11) is 0. The monoisotopic (exact) mass is 316 g/mol. The molecule has 0 N–H and O–H groups in total. The van der Waals surface area contributed by atoms with Crippen molar-refractivity contribution >= 4 is 5.97 Å². The lowest BCUT2D eigenvalue weighted by Gasteiger charge is -1.97. The van der Waals surface area contributed by atoms with Gasteiger partial charge in [0.15, 0.2) is 0 Å². The van der Waals surface area contributed by atoms with E-state index in [1.54, 1.807) is 0 Å². The fraction of sp³-hybridized carbons (Fsp3) is 0.476. The lowest BCUT2D eigenvalue weighted by molar-refractivity contribution is -0.142. The van der Waals surface area contributed by atoms with E-state index >= 15 is 0 Å². The maximum absolute atomic E-state index is 11.1. The number of hydrogen-bond donors (Lipinski definition) is 0. The molecule has 0 spiro atoms. The summed E-state index contributed by atoms with van der Waals surface area (Å²) in [6.45, 7) is 4.44. The van der Waals surface area contributed by atoms with Crippen molar-refractivity contribution in [3.8, 4) is 0 Å². The molecule has 0 aliphatic carbocycles. The molecule has 128 valence electrons. The van der Waals surface area contributed by atoms with Gasteiger partial charge in [-0.1, -0.05) is 67.7 Å². The van der Waals surface area contributed by atoms with Gasteiger partial charge in [0, 0.05) is 6.42 Å². The molecule has 0 unspecified atom stereocenters. The molecular weight excluding hydrogens is 284 g/mol. The summed E-state index contributed by atoms with van der Waals surface area (Å²) in [5.74, 6) is -0.117. The molecular formula is C21H32O2. The zero-order chi connectivity index (χ0) is 17.0. The fourth-order valence-corrected chi connectivity index (χ4v) is 1.80. The lowest BCUT2D eigenvalue weighted by atomic mass is 10.2. The molecule has 0 saturated carbocycles. The number of carbonyl (C=O) groups excluding carboxylic acids is 1. The minimum Gasteiger partial charge on any atom is -0.466 e. The molecule has 0 rings (SSSR count). The highest BCUT2D eigenvalue weighted by Gasteiger charge is 1.97. The van der Waals surface area contributed by atoms with E-state index in [2.05, 4.69) is 61.6 Å². The van der Waals surface area contributed by atoms with Gasteiger partial charge in [0.2, 0.25) is 0 Å². The predicted octanol–water partition coefficient (Wildman–Crippen LogP) is 6.08. The minimum atomic E-state index is -0.117. The first-order valence-electron chi connectivity index (χ1n) is 8.71. The molecule has 0 aromatic heterocycles. The SMILES string of the molecule is CC/C=C/C/C=C/C/C=C/C/C=C/C/C=C/CCC(=O)OCC. The zero-order valence-electron chi connectivity index (χ0n) is 14.7. The Labute approximate surface area is 142 Å². The second-order valence-corrected chi connectivity index (χ2v) is 5.05. The van der Waals surface area contributed by atoms with Gasteiger partial charge in [-0.15, -0.1) is 0 Å². The Bertz CT molecular complexity index is 412. The van der Waals surface area contributed by atoms with Gasteiger partial charge >= 0.3 is 5.97 Å². The number of carbonyl (C=O) groups is 1. The van der Waals surface area contributed by atoms with Crippen LogP contribution in [0.15, 0.2) is 60.8 Å². The molecule has 0 atom stereocenters. The van der Waals surface area contributed by atoms with E-state index in [9.17, 15) is 4.79 Å². The van der Waals surface area contributed by atoms with Crippen molar-refractivity contribution in [2.45, 2.75) is 58.8 Å². The van der Waals surface area contributed by atoms with Gasteiger partial charge in [0.25, 0.3) is 0 Å². The quantitative estimate of drug-likeness (QED) is 0.304. The van der Waals surface area contributed by atoms with Gasteiger partial charge in [-0.3, -0.25) is 4.79 Å². The van der Waals surface area contributed by atoms with E-state index in [1.165, 1.54) is 0 Å². The molecule has 23 heavy (non-hydrogen) atoms. The van der Waals surface area contributed by atoms with Gasteiger partial charge in [0.05, 0.1) is 6.61 Å². The van der Waals surface area contributed by atoms with Crippen LogP contribution in [0.1, 0.15) is 58.8 Å². The zero-order valence-corrected chi connectivity index (χ0v) is 14.7. The third-order valence-electron chi connectivity index (χ3n) is 2.98. The molecule has 2 heteroatoms. The van der Waals surface area contributed by atoms with Crippen LogP contribution in [0.3, 0.4) is 0 Å². The van der Waals surface area contributed by atoms with Crippen molar-refractivity contribution < 1.29 is 9.53 Å². The van der Waals surface area contributed by atoms with Crippen molar-refractivity contribution in [1.82, 2.24) is 0 Å². The Kier molecular flexibility index (Phi) is 16.8. The van der Waals surface area contributed by atoms with Crippen molar-refractivity contribution in [1.29, 1.82) is 0 Å². The highest BCUT2D eigenvalue weighted by Crippen LogP contribution is 1.98. The molecule has 0 saturated heterocycles. The van der Waals surface area contributed by atoms with Crippen molar-refractivity contribution in [2.24, 2.45) is 0 Å². The summed E-state index contributed by atoms with van der Waals surface area (Å²) in [4.78, 5) is 11.1. The van der Waals surface area contributed by atoms with Gasteiger partial charge in [-0.25, -0.2) is 0 Å². The van der Waals surface area contributed by atoms with E-state index in [4.69, 9.17) is 4.74 Å². The van der Waals surface area contributed by atoms with Gasteiger partial charge in [0.1, 0.15) is 0 Å². The number of ether oxygens (including phenoxy) is 1. The largest absolute Gasteiger partial charge is 0.466 e. The molecule has 0 heterocycles. The van der Waals surface area contributed by atoms with E-state index < -0.39 is 0 Å². The first-order chi connectivity index (χ1) is 11.3. The summed E-state index contributed by atoms with van der Waals surface area (Å²) in [6.07, 6.45) is 27.9. The molecule has 0 aliphatic heterocycles. The maximum Gasteiger partial charge on any atom is 0.306 e. The highest BCUT2D eigenvalue weighted by atomic mass is 16.5. The number of allylic oxidation sites excluding steroid dienone is 10. The Balaban J connectivity index is 3.51. The summed E-state index contributed by atoms with van der Waals surface area (Å²) in [5.41, 5.74) is 0. The molecule has 0 bridgehead atoms. The van der Waals surface area contributed by atoms with Gasteiger partial charge in [-0.05, 0) is 45.4 Å². The normalized spacial score (nSPS) is 12.6. The average molecular weight is 316 g/mol. The first-order valence-corrected chi connectivity index (χ1v) is 8.71. The predicted molar refractivity (Wildman–Crippen MR) is 100 cm³/mol. The van der Waals surface area contributed by atoms with Gasteiger partial charge < -0.3 is 4.74 Å². The topological polar surface area (TPSA) is 26.3 Å². The van der Waals surface area contributed by atoms with Crippen LogP contribution in [0.2, 0.25) is 0 Å². The number of rotatable bonds is 13. The van der Waals surface area contributed by atoms with Crippen LogP contribution in [0.5, 0.6) is 0 Å². The van der Waals surface area contributed by atoms with Crippen LogP contribution >= 0.6 is 0 Å². The van der Waals surface area contributed by atoms with Crippen molar-refractivity contribution in [2.75, 3.05) is 6.61 Å². The van der Waals surface area contributed by atoms with Crippen LogP contribution in [0, 0.1) is 0 Å². The Morgan fingerprint density at radius 2 is 1.13 bits per heavy atom. The van der Waals surface area contributed by atoms with E-state index in [-0.39, 0.29) is 5.97 Å². The maximum atomic E-state index is 11.1. The molecule has 0 amide bonds. The third kappa shape index (κ3) is 18.1. The van der Waals surface area contributed by atoms with E-state index in [0.29, 0.717) is 13.0 Å². The van der Waals surface area contributed by atoms with E-state index in [0.717, 1.165) is 38.5 Å². The Morgan fingerprint density at radius 1 is 0.696 bits per heavy atom. The van der Waals surface area contributed by atoms with E-state index in [1.807, 2.05) is 13.0 Å². The van der Waals surface area contributed by atoms with Crippen LogP contribution in [0.4, 0.5) is 0 Å². The highest BCUT2D eigenvalue weighted by molar-refractivity contribution is 5.69.